The summed E-state index contributed by atoms with van der Waals surface area (Å²) in [5.74, 6) is 0. The van der Waals surface area contributed by atoms with Crippen LogP contribution in [-0.2, 0) is 13.0 Å². The maximum absolute atomic E-state index is 4.80. The van der Waals surface area contributed by atoms with Gasteiger partial charge in [0.15, 0.2) is 0 Å². The van der Waals surface area contributed by atoms with Gasteiger partial charge in [-0.1, -0.05) is 29.8 Å². The summed E-state index contributed by atoms with van der Waals surface area (Å²) in [7, 11) is 0. The fraction of sp³-hybridized carbons (Fsp3) is 0.438. The molecule has 2 heterocycles. The van der Waals surface area contributed by atoms with E-state index in [1.165, 1.54) is 28.1 Å². The summed E-state index contributed by atoms with van der Waals surface area (Å²) in [5.41, 5.74) is 6.54. The lowest BCUT2D eigenvalue weighted by Crippen LogP contribution is -2.23. The molecule has 0 atom stereocenters. The maximum Gasteiger partial charge on any atom is 0.0801 e. The summed E-state index contributed by atoms with van der Waals surface area (Å²) in [6.07, 6.45) is 1.07. The van der Waals surface area contributed by atoms with Crippen molar-refractivity contribution in [3.8, 4) is 11.3 Å². The van der Waals surface area contributed by atoms with E-state index in [0.29, 0.717) is 6.04 Å². The van der Waals surface area contributed by atoms with E-state index >= 15 is 0 Å². The molecule has 0 spiro atoms. The van der Waals surface area contributed by atoms with Gasteiger partial charge in [0, 0.05) is 23.7 Å². The number of rotatable bonds is 2. The predicted octanol–water partition coefficient (Wildman–Crippen LogP) is 3.09. The summed E-state index contributed by atoms with van der Waals surface area (Å²) < 4.78 is 2.18. The molecule has 1 N–H and O–H groups in total. The average Bonchev–Trinajstić information content (AvgIpc) is 2.79. The SMILES string of the molecule is Cc1ccc(-c2c3c(nn2C(C)C)CNCC3)cc1. The molecule has 0 saturated carbocycles. The molecule has 2 aromatic rings. The van der Waals surface area contributed by atoms with Crippen molar-refractivity contribution in [1.82, 2.24) is 15.1 Å². The van der Waals surface area contributed by atoms with Crippen LogP contribution in [0.3, 0.4) is 0 Å². The van der Waals surface area contributed by atoms with E-state index in [9.17, 15) is 0 Å². The first kappa shape index (κ1) is 12.4. The van der Waals surface area contributed by atoms with Gasteiger partial charge in [-0.3, -0.25) is 4.68 Å². The van der Waals surface area contributed by atoms with E-state index in [1.807, 2.05) is 0 Å². The van der Waals surface area contributed by atoms with Crippen molar-refractivity contribution in [3.63, 3.8) is 0 Å². The fourth-order valence-electron chi connectivity index (χ4n) is 2.73. The van der Waals surface area contributed by atoms with Gasteiger partial charge in [0.1, 0.15) is 0 Å². The molecule has 0 fully saturated rings. The van der Waals surface area contributed by atoms with Crippen molar-refractivity contribution in [2.45, 2.75) is 39.8 Å². The quantitative estimate of drug-likeness (QED) is 0.893. The monoisotopic (exact) mass is 255 g/mol. The standard InChI is InChI=1S/C16H21N3/c1-11(2)19-16(13-6-4-12(3)5-7-13)14-8-9-17-10-15(14)18-19/h4-7,11,17H,8-10H2,1-3H3. The molecule has 0 bridgehead atoms. The van der Waals surface area contributed by atoms with Crippen molar-refractivity contribution in [2.75, 3.05) is 6.54 Å². The molecule has 0 unspecified atom stereocenters. The van der Waals surface area contributed by atoms with Crippen molar-refractivity contribution in [1.29, 1.82) is 0 Å². The Balaban J connectivity index is 2.17. The van der Waals surface area contributed by atoms with E-state index in [-0.39, 0.29) is 0 Å². The van der Waals surface area contributed by atoms with Crippen molar-refractivity contribution in [2.24, 2.45) is 0 Å². The summed E-state index contributed by atoms with van der Waals surface area (Å²) >= 11 is 0. The second-order valence-corrected chi connectivity index (χ2v) is 5.60. The molecule has 0 saturated heterocycles. The smallest absolute Gasteiger partial charge is 0.0801 e. The molecule has 0 amide bonds. The van der Waals surface area contributed by atoms with E-state index in [1.54, 1.807) is 0 Å². The Labute approximate surface area is 114 Å². The van der Waals surface area contributed by atoms with Gasteiger partial charge in [0.25, 0.3) is 0 Å². The van der Waals surface area contributed by atoms with E-state index in [0.717, 1.165) is 19.5 Å². The lowest BCUT2D eigenvalue weighted by Gasteiger charge is -2.15. The van der Waals surface area contributed by atoms with Gasteiger partial charge in [-0.25, -0.2) is 0 Å². The highest BCUT2D eigenvalue weighted by Crippen LogP contribution is 2.30. The van der Waals surface area contributed by atoms with Gasteiger partial charge in [0.05, 0.1) is 11.4 Å². The van der Waals surface area contributed by atoms with Crippen LogP contribution in [0.5, 0.6) is 0 Å². The zero-order valence-corrected chi connectivity index (χ0v) is 11.9. The first-order chi connectivity index (χ1) is 9.16. The Morgan fingerprint density at radius 1 is 1.21 bits per heavy atom. The van der Waals surface area contributed by atoms with Crippen LogP contribution in [0, 0.1) is 6.92 Å². The van der Waals surface area contributed by atoms with Crippen LogP contribution in [0.4, 0.5) is 0 Å². The Morgan fingerprint density at radius 2 is 1.95 bits per heavy atom. The molecule has 0 radical (unpaired) electrons. The Morgan fingerprint density at radius 3 is 2.63 bits per heavy atom. The average molecular weight is 255 g/mol. The molecule has 1 aliphatic rings. The summed E-state index contributed by atoms with van der Waals surface area (Å²) in [6, 6.07) is 9.18. The largest absolute Gasteiger partial charge is 0.311 e. The first-order valence-electron chi connectivity index (χ1n) is 7.05. The molecular weight excluding hydrogens is 234 g/mol. The molecule has 1 aromatic carbocycles. The third-order valence-corrected chi connectivity index (χ3v) is 3.75. The maximum atomic E-state index is 4.80. The summed E-state index contributed by atoms with van der Waals surface area (Å²) in [5, 5.41) is 8.21. The van der Waals surface area contributed by atoms with Gasteiger partial charge < -0.3 is 5.32 Å². The molecule has 1 aliphatic heterocycles. The number of benzene rings is 1. The molecular formula is C16H21N3. The zero-order valence-electron chi connectivity index (χ0n) is 11.9. The number of fused-ring (bicyclic) bond motifs is 1. The summed E-state index contributed by atoms with van der Waals surface area (Å²) in [6.45, 7) is 8.47. The highest BCUT2D eigenvalue weighted by atomic mass is 15.3. The minimum atomic E-state index is 0.391. The van der Waals surface area contributed by atoms with Crippen LogP contribution < -0.4 is 5.32 Å². The lowest BCUT2D eigenvalue weighted by molar-refractivity contribution is 0.527. The topological polar surface area (TPSA) is 29.9 Å². The van der Waals surface area contributed by atoms with Crippen molar-refractivity contribution in [3.05, 3.63) is 41.1 Å². The Bertz CT molecular complexity index is 579. The minimum Gasteiger partial charge on any atom is -0.311 e. The van der Waals surface area contributed by atoms with Crippen LogP contribution in [0.2, 0.25) is 0 Å². The number of aryl methyl sites for hydroxylation is 1. The summed E-state index contributed by atoms with van der Waals surface area (Å²) in [4.78, 5) is 0. The molecule has 3 nitrogen and oxygen atoms in total. The third kappa shape index (κ3) is 2.19. The minimum absolute atomic E-state index is 0.391. The second-order valence-electron chi connectivity index (χ2n) is 5.60. The van der Waals surface area contributed by atoms with Crippen LogP contribution in [-0.4, -0.2) is 16.3 Å². The highest BCUT2D eigenvalue weighted by Gasteiger charge is 2.22. The van der Waals surface area contributed by atoms with Gasteiger partial charge >= 0.3 is 0 Å². The number of nitrogens with zero attached hydrogens (tertiary/aromatic N) is 2. The highest BCUT2D eigenvalue weighted by molar-refractivity contribution is 5.65. The lowest BCUT2D eigenvalue weighted by atomic mass is 10.00. The van der Waals surface area contributed by atoms with Gasteiger partial charge in [-0.2, -0.15) is 5.10 Å². The molecule has 3 heteroatoms. The third-order valence-electron chi connectivity index (χ3n) is 3.75. The van der Waals surface area contributed by atoms with Gasteiger partial charge in [-0.15, -0.1) is 0 Å². The Hall–Kier alpha value is -1.61. The van der Waals surface area contributed by atoms with Crippen LogP contribution >= 0.6 is 0 Å². The molecule has 100 valence electrons. The van der Waals surface area contributed by atoms with Crippen LogP contribution in [0.25, 0.3) is 11.3 Å². The van der Waals surface area contributed by atoms with Gasteiger partial charge in [0.2, 0.25) is 0 Å². The number of hydrogen-bond donors (Lipinski definition) is 1. The van der Waals surface area contributed by atoms with Crippen LogP contribution in [0.1, 0.15) is 36.7 Å². The first-order valence-corrected chi connectivity index (χ1v) is 7.05. The van der Waals surface area contributed by atoms with Crippen LogP contribution in [0.15, 0.2) is 24.3 Å². The second kappa shape index (κ2) is 4.82. The number of aromatic nitrogens is 2. The normalized spacial score (nSPS) is 14.7. The predicted molar refractivity (Wildman–Crippen MR) is 78.2 cm³/mol. The van der Waals surface area contributed by atoms with E-state index < -0.39 is 0 Å². The molecule has 19 heavy (non-hydrogen) atoms. The number of nitrogens with one attached hydrogen (secondary N) is 1. The Kier molecular flexibility index (Phi) is 3.15. The van der Waals surface area contributed by atoms with E-state index in [2.05, 4.69) is 55.0 Å². The van der Waals surface area contributed by atoms with E-state index in [4.69, 9.17) is 5.10 Å². The molecule has 3 rings (SSSR count). The van der Waals surface area contributed by atoms with Gasteiger partial charge in [-0.05, 0) is 33.7 Å². The molecule has 1 aromatic heterocycles. The van der Waals surface area contributed by atoms with Crippen molar-refractivity contribution >= 4 is 0 Å². The fourth-order valence-corrected chi connectivity index (χ4v) is 2.73. The van der Waals surface area contributed by atoms with Crippen molar-refractivity contribution < 1.29 is 0 Å². The zero-order chi connectivity index (χ0) is 13.4. The molecule has 0 aliphatic carbocycles. The number of hydrogen-bond acceptors (Lipinski definition) is 2.